The zero-order valence-corrected chi connectivity index (χ0v) is 10.9. The van der Waals surface area contributed by atoms with Gasteiger partial charge in [-0.05, 0) is 31.0 Å². The first-order valence-corrected chi connectivity index (χ1v) is 6.34. The Bertz CT molecular complexity index is 552. The summed E-state index contributed by atoms with van der Waals surface area (Å²) < 4.78 is 0. The van der Waals surface area contributed by atoms with Gasteiger partial charge in [-0.15, -0.1) is 0 Å². The SMILES string of the molecule is Cc1cccc(CC(Cc2ccccc2)C(=O)O)n1. The molecule has 0 aliphatic rings. The molecule has 0 saturated heterocycles. The fourth-order valence-corrected chi connectivity index (χ4v) is 2.11. The van der Waals surface area contributed by atoms with Gasteiger partial charge >= 0.3 is 5.97 Å². The fourth-order valence-electron chi connectivity index (χ4n) is 2.11. The monoisotopic (exact) mass is 255 g/mol. The molecule has 0 amide bonds. The van der Waals surface area contributed by atoms with Crippen molar-refractivity contribution < 1.29 is 9.90 Å². The number of carboxylic acid groups (broad SMARTS) is 1. The van der Waals surface area contributed by atoms with Crippen molar-refractivity contribution in [3.8, 4) is 0 Å². The number of carboxylic acids is 1. The highest BCUT2D eigenvalue weighted by Gasteiger charge is 2.19. The van der Waals surface area contributed by atoms with Crippen LogP contribution in [0, 0.1) is 12.8 Å². The molecule has 19 heavy (non-hydrogen) atoms. The van der Waals surface area contributed by atoms with E-state index in [9.17, 15) is 9.90 Å². The van der Waals surface area contributed by atoms with Crippen LogP contribution in [0.1, 0.15) is 17.0 Å². The zero-order valence-electron chi connectivity index (χ0n) is 10.9. The third-order valence-electron chi connectivity index (χ3n) is 3.08. The van der Waals surface area contributed by atoms with Crippen molar-refractivity contribution in [3.05, 3.63) is 65.5 Å². The predicted octanol–water partition coefficient (Wildman–Crippen LogP) is 2.88. The average Bonchev–Trinajstić information content (AvgIpc) is 2.39. The molecule has 2 aromatic rings. The number of carbonyl (C=O) groups is 1. The minimum atomic E-state index is -0.771. The minimum Gasteiger partial charge on any atom is -0.481 e. The van der Waals surface area contributed by atoms with E-state index in [2.05, 4.69) is 4.98 Å². The molecular formula is C16H17NO2. The van der Waals surface area contributed by atoms with Crippen LogP contribution in [0.25, 0.3) is 0 Å². The van der Waals surface area contributed by atoms with E-state index >= 15 is 0 Å². The number of hydrogen-bond acceptors (Lipinski definition) is 2. The Kier molecular flexibility index (Phi) is 4.29. The maximum absolute atomic E-state index is 11.4. The molecule has 98 valence electrons. The molecule has 1 heterocycles. The molecule has 0 bridgehead atoms. The zero-order chi connectivity index (χ0) is 13.7. The van der Waals surface area contributed by atoms with Crippen molar-refractivity contribution in [2.24, 2.45) is 5.92 Å². The Morgan fingerprint density at radius 3 is 2.47 bits per heavy atom. The molecule has 1 atom stereocenters. The summed E-state index contributed by atoms with van der Waals surface area (Å²) in [4.78, 5) is 15.7. The number of benzene rings is 1. The molecule has 1 unspecified atom stereocenters. The summed E-state index contributed by atoms with van der Waals surface area (Å²) >= 11 is 0. The van der Waals surface area contributed by atoms with Crippen LogP contribution in [0.4, 0.5) is 0 Å². The van der Waals surface area contributed by atoms with E-state index in [1.807, 2.05) is 55.5 Å². The average molecular weight is 255 g/mol. The Morgan fingerprint density at radius 2 is 1.84 bits per heavy atom. The van der Waals surface area contributed by atoms with Gasteiger partial charge in [-0.1, -0.05) is 36.4 Å². The fraction of sp³-hybridized carbons (Fsp3) is 0.250. The van der Waals surface area contributed by atoms with Crippen LogP contribution in [0.2, 0.25) is 0 Å². The molecule has 0 fully saturated rings. The number of rotatable bonds is 5. The molecule has 0 spiro atoms. The minimum absolute atomic E-state index is 0.434. The van der Waals surface area contributed by atoms with Crippen LogP contribution >= 0.6 is 0 Å². The third-order valence-corrected chi connectivity index (χ3v) is 3.08. The number of aryl methyl sites for hydroxylation is 1. The van der Waals surface area contributed by atoms with E-state index in [-0.39, 0.29) is 0 Å². The molecule has 3 nitrogen and oxygen atoms in total. The first-order chi connectivity index (χ1) is 9.15. The van der Waals surface area contributed by atoms with Crippen LogP contribution in [0.15, 0.2) is 48.5 Å². The number of aliphatic carboxylic acids is 1. The molecule has 3 heteroatoms. The van der Waals surface area contributed by atoms with Crippen LogP contribution in [0.5, 0.6) is 0 Å². The molecule has 0 aliphatic heterocycles. The molecule has 0 aliphatic carbocycles. The number of hydrogen-bond donors (Lipinski definition) is 1. The summed E-state index contributed by atoms with van der Waals surface area (Å²) in [5.74, 6) is -1.20. The number of pyridine rings is 1. The highest BCUT2D eigenvalue weighted by Crippen LogP contribution is 2.14. The van der Waals surface area contributed by atoms with Gasteiger partial charge in [-0.3, -0.25) is 9.78 Å². The summed E-state index contributed by atoms with van der Waals surface area (Å²) in [6.45, 7) is 1.91. The van der Waals surface area contributed by atoms with Gasteiger partial charge in [0.15, 0.2) is 0 Å². The van der Waals surface area contributed by atoms with Gasteiger partial charge in [0.25, 0.3) is 0 Å². The van der Waals surface area contributed by atoms with E-state index in [0.29, 0.717) is 12.8 Å². The Balaban J connectivity index is 2.11. The van der Waals surface area contributed by atoms with Gasteiger partial charge < -0.3 is 5.11 Å². The maximum atomic E-state index is 11.4. The molecule has 1 aromatic heterocycles. The molecule has 2 rings (SSSR count). The summed E-state index contributed by atoms with van der Waals surface area (Å²) in [7, 11) is 0. The van der Waals surface area contributed by atoms with Crippen LogP contribution in [0.3, 0.4) is 0 Å². The lowest BCUT2D eigenvalue weighted by molar-refractivity contribution is -0.141. The quantitative estimate of drug-likeness (QED) is 0.893. The summed E-state index contributed by atoms with van der Waals surface area (Å²) in [5.41, 5.74) is 2.80. The molecule has 1 N–H and O–H groups in total. The summed E-state index contributed by atoms with van der Waals surface area (Å²) in [6, 6.07) is 15.4. The van der Waals surface area contributed by atoms with Crippen LogP contribution in [-0.2, 0) is 17.6 Å². The van der Waals surface area contributed by atoms with Gasteiger partial charge in [0.05, 0.1) is 5.92 Å². The van der Waals surface area contributed by atoms with E-state index in [4.69, 9.17) is 0 Å². The lowest BCUT2D eigenvalue weighted by atomic mass is 9.94. The largest absolute Gasteiger partial charge is 0.481 e. The second kappa shape index (κ2) is 6.14. The van der Waals surface area contributed by atoms with Gasteiger partial charge in [0.2, 0.25) is 0 Å². The smallest absolute Gasteiger partial charge is 0.307 e. The topological polar surface area (TPSA) is 50.2 Å². The van der Waals surface area contributed by atoms with Crippen molar-refractivity contribution in [2.45, 2.75) is 19.8 Å². The molecule has 0 saturated carbocycles. The van der Waals surface area contributed by atoms with Crippen LogP contribution < -0.4 is 0 Å². The first kappa shape index (κ1) is 13.3. The number of aromatic nitrogens is 1. The van der Waals surface area contributed by atoms with Gasteiger partial charge in [-0.25, -0.2) is 0 Å². The maximum Gasteiger partial charge on any atom is 0.307 e. The van der Waals surface area contributed by atoms with Gasteiger partial charge in [-0.2, -0.15) is 0 Å². The lowest BCUT2D eigenvalue weighted by Crippen LogP contribution is -2.19. The van der Waals surface area contributed by atoms with E-state index < -0.39 is 11.9 Å². The van der Waals surface area contributed by atoms with E-state index in [0.717, 1.165) is 17.0 Å². The molecule has 0 radical (unpaired) electrons. The van der Waals surface area contributed by atoms with Crippen molar-refractivity contribution in [3.63, 3.8) is 0 Å². The standard InChI is InChI=1S/C16H17NO2/c1-12-6-5-9-15(17-12)11-14(16(18)19)10-13-7-3-2-4-8-13/h2-9,14H,10-11H2,1H3,(H,18,19). The Labute approximate surface area is 112 Å². The lowest BCUT2D eigenvalue weighted by Gasteiger charge is -2.12. The predicted molar refractivity (Wildman–Crippen MR) is 73.9 cm³/mol. The first-order valence-electron chi connectivity index (χ1n) is 6.34. The summed E-state index contributed by atoms with van der Waals surface area (Å²) in [5, 5.41) is 9.34. The Hall–Kier alpha value is -2.16. The Morgan fingerprint density at radius 1 is 1.11 bits per heavy atom. The van der Waals surface area contributed by atoms with Gasteiger partial charge in [0, 0.05) is 17.8 Å². The second-order valence-corrected chi connectivity index (χ2v) is 4.70. The van der Waals surface area contributed by atoms with Crippen molar-refractivity contribution in [1.29, 1.82) is 0 Å². The van der Waals surface area contributed by atoms with Crippen molar-refractivity contribution in [1.82, 2.24) is 4.98 Å². The highest BCUT2D eigenvalue weighted by atomic mass is 16.4. The molecular weight excluding hydrogens is 238 g/mol. The van der Waals surface area contributed by atoms with Gasteiger partial charge in [0.1, 0.15) is 0 Å². The normalized spacial score (nSPS) is 12.1. The number of nitrogens with zero attached hydrogens (tertiary/aromatic N) is 1. The second-order valence-electron chi connectivity index (χ2n) is 4.70. The molecule has 1 aromatic carbocycles. The van der Waals surface area contributed by atoms with Crippen molar-refractivity contribution in [2.75, 3.05) is 0 Å². The highest BCUT2D eigenvalue weighted by molar-refractivity contribution is 5.70. The third kappa shape index (κ3) is 3.91. The van der Waals surface area contributed by atoms with E-state index in [1.54, 1.807) is 0 Å². The summed E-state index contributed by atoms with van der Waals surface area (Å²) in [6.07, 6.45) is 0.998. The van der Waals surface area contributed by atoms with E-state index in [1.165, 1.54) is 0 Å². The van der Waals surface area contributed by atoms with Crippen molar-refractivity contribution >= 4 is 5.97 Å². The van der Waals surface area contributed by atoms with Crippen LogP contribution in [-0.4, -0.2) is 16.1 Å².